The fourth-order valence-corrected chi connectivity index (χ4v) is 4.82. The summed E-state index contributed by atoms with van der Waals surface area (Å²) in [5.74, 6) is 3.67. The van der Waals surface area contributed by atoms with Crippen molar-refractivity contribution in [1.29, 1.82) is 0 Å². The number of rotatable bonds is 12. The molecule has 0 spiro atoms. The Morgan fingerprint density at radius 1 is 0.789 bits per heavy atom. The zero-order valence-electron chi connectivity index (χ0n) is 13.3. The number of thioether (sulfide) groups is 2. The molecule has 0 aromatic carbocycles. The highest BCUT2D eigenvalue weighted by Crippen LogP contribution is 2.46. The molecule has 0 aliphatic carbocycles. The van der Waals surface area contributed by atoms with E-state index < -0.39 is 0 Å². The summed E-state index contributed by atoms with van der Waals surface area (Å²) in [5.41, 5.74) is 11.4. The van der Waals surface area contributed by atoms with Crippen LogP contribution in [0.5, 0.6) is 0 Å². The standard InChI is InChI=1S/C15H34N2S2/c1-13(2)5-7-15(18-11-9-16,19-12-10-17)8-6-14(3)4/h13-14H,5-12,16-17H2,1-4H3. The van der Waals surface area contributed by atoms with E-state index in [1.807, 2.05) is 0 Å². The predicted octanol–water partition coefficient (Wildman–Crippen LogP) is 3.94. The quantitative estimate of drug-likeness (QED) is 0.536. The van der Waals surface area contributed by atoms with Crippen LogP contribution in [0.4, 0.5) is 0 Å². The van der Waals surface area contributed by atoms with Crippen LogP contribution in [0.15, 0.2) is 0 Å². The van der Waals surface area contributed by atoms with Gasteiger partial charge >= 0.3 is 0 Å². The van der Waals surface area contributed by atoms with Crippen molar-refractivity contribution >= 4 is 23.5 Å². The molecule has 0 radical (unpaired) electrons. The molecule has 0 aliphatic heterocycles. The molecule has 2 nitrogen and oxygen atoms in total. The van der Waals surface area contributed by atoms with E-state index >= 15 is 0 Å². The Morgan fingerprint density at radius 2 is 1.16 bits per heavy atom. The molecule has 0 saturated heterocycles. The van der Waals surface area contributed by atoms with Gasteiger partial charge in [0.2, 0.25) is 0 Å². The van der Waals surface area contributed by atoms with Crippen molar-refractivity contribution in [2.75, 3.05) is 24.6 Å². The van der Waals surface area contributed by atoms with Crippen LogP contribution in [0.3, 0.4) is 0 Å². The van der Waals surface area contributed by atoms with Gasteiger partial charge in [-0.2, -0.15) is 0 Å². The van der Waals surface area contributed by atoms with Crippen LogP contribution < -0.4 is 11.5 Å². The highest BCUT2D eigenvalue weighted by atomic mass is 32.2. The lowest BCUT2D eigenvalue weighted by Crippen LogP contribution is -2.26. The largest absolute Gasteiger partial charge is 0.330 e. The molecule has 0 rings (SSSR count). The van der Waals surface area contributed by atoms with Gasteiger partial charge < -0.3 is 11.5 Å². The Morgan fingerprint density at radius 3 is 1.42 bits per heavy atom. The van der Waals surface area contributed by atoms with Gasteiger partial charge in [-0.05, 0) is 37.5 Å². The molecular weight excluding hydrogens is 272 g/mol. The minimum atomic E-state index is 0.341. The van der Waals surface area contributed by atoms with E-state index in [0.29, 0.717) is 4.08 Å². The Kier molecular flexibility index (Phi) is 11.7. The SMILES string of the molecule is CC(C)CCC(CCC(C)C)(SCCN)SCCN. The molecule has 0 fully saturated rings. The van der Waals surface area contributed by atoms with Crippen LogP contribution in [-0.4, -0.2) is 28.7 Å². The van der Waals surface area contributed by atoms with Gasteiger partial charge in [-0.1, -0.05) is 27.7 Å². The van der Waals surface area contributed by atoms with Crippen LogP contribution in [-0.2, 0) is 0 Å². The first-order valence-electron chi connectivity index (χ1n) is 7.64. The molecule has 116 valence electrons. The van der Waals surface area contributed by atoms with Crippen molar-refractivity contribution in [2.24, 2.45) is 23.3 Å². The van der Waals surface area contributed by atoms with Crippen LogP contribution in [0.1, 0.15) is 53.4 Å². The van der Waals surface area contributed by atoms with E-state index in [9.17, 15) is 0 Å². The van der Waals surface area contributed by atoms with Crippen LogP contribution in [0, 0.1) is 11.8 Å². The third-order valence-electron chi connectivity index (χ3n) is 3.17. The third kappa shape index (κ3) is 10.1. The van der Waals surface area contributed by atoms with Crippen LogP contribution >= 0.6 is 23.5 Å². The molecular formula is C15H34N2S2. The lowest BCUT2D eigenvalue weighted by atomic mass is 10.00. The van der Waals surface area contributed by atoms with Crippen molar-refractivity contribution in [2.45, 2.75) is 57.5 Å². The fourth-order valence-electron chi connectivity index (χ4n) is 1.96. The van der Waals surface area contributed by atoms with Gasteiger partial charge in [0.05, 0.1) is 4.08 Å². The van der Waals surface area contributed by atoms with E-state index in [4.69, 9.17) is 11.5 Å². The number of hydrogen-bond acceptors (Lipinski definition) is 4. The second-order valence-corrected chi connectivity index (χ2v) is 9.27. The molecule has 0 heterocycles. The van der Waals surface area contributed by atoms with Crippen molar-refractivity contribution in [3.05, 3.63) is 0 Å². The lowest BCUT2D eigenvalue weighted by molar-refractivity contribution is 0.476. The third-order valence-corrected chi connectivity index (χ3v) is 6.63. The van der Waals surface area contributed by atoms with Crippen molar-refractivity contribution in [3.63, 3.8) is 0 Å². The Labute approximate surface area is 129 Å². The average molecular weight is 307 g/mol. The minimum Gasteiger partial charge on any atom is -0.330 e. The summed E-state index contributed by atoms with van der Waals surface area (Å²) < 4.78 is 0.341. The fraction of sp³-hybridized carbons (Fsp3) is 1.00. The zero-order valence-corrected chi connectivity index (χ0v) is 14.9. The Hall–Kier alpha value is 0.620. The summed E-state index contributed by atoms with van der Waals surface area (Å²) in [5, 5.41) is 0. The highest BCUT2D eigenvalue weighted by Gasteiger charge is 2.30. The summed E-state index contributed by atoms with van der Waals surface area (Å²) in [6.07, 6.45) is 5.17. The molecule has 0 aromatic heterocycles. The first-order chi connectivity index (χ1) is 8.95. The second kappa shape index (κ2) is 11.3. The molecule has 0 unspecified atom stereocenters. The van der Waals surface area contributed by atoms with E-state index in [1.165, 1.54) is 25.7 Å². The van der Waals surface area contributed by atoms with Gasteiger partial charge in [-0.3, -0.25) is 0 Å². The van der Waals surface area contributed by atoms with E-state index in [1.54, 1.807) is 0 Å². The van der Waals surface area contributed by atoms with Gasteiger partial charge in [-0.15, -0.1) is 23.5 Å². The summed E-state index contributed by atoms with van der Waals surface area (Å²) in [6, 6.07) is 0. The van der Waals surface area contributed by atoms with Gasteiger partial charge in [0, 0.05) is 24.6 Å². The molecule has 0 saturated carbocycles. The molecule has 4 N–H and O–H groups in total. The maximum atomic E-state index is 5.72. The normalized spacial score (nSPS) is 12.6. The van der Waals surface area contributed by atoms with Crippen molar-refractivity contribution < 1.29 is 0 Å². The molecule has 19 heavy (non-hydrogen) atoms. The second-order valence-electron chi connectivity index (χ2n) is 6.05. The van der Waals surface area contributed by atoms with Crippen LogP contribution in [0.2, 0.25) is 0 Å². The number of nitrogens with two attached hydrogens (primary N) is 2. The first kappa shape index (κ1) is 19.6. The lowest BCUT2D eigenvalue weighted by Gasteiger charge is -2.34. The monoisotopic (exact) mass is 306 g/mol. The number of hydrogen-bond donors (Lipinski definition) is 2. The smallest absolute Gasteiger partial charge is 0.0612 e. The maximum Gasteiger partial charge on any atom is 0.0612 e. The topological polar surface area (TPSA) is 52.0 Å². The summed E-state index contributed by atoms with van der Waals surface area (Å²) >= 11 is 4.15. The van der Waals surface area contributed by atoms with Gasteiger partial charge in [0.15, 0.2) is 0 Å². The van der Waals surface area contributed by atoms with E-state index in [2.05, 4.69) is 51.2 Å². The van der Waals surface area contributed by atoms with Gasteiger partial charge in [0.25, 0.3) is 0 Å². The molecule has 0 atom stereocenters. The molecule has 0 bridgehead atoms. The highest BCUT2D eigenvalue weighted by molar-refractivity contribution is 8.18. The van der Waals surface area contributed by atoms with Crippen molar-refractivity contribution in [3.8, 4) is 0 Å². The predicted molar refractivity (Wildman–Crippen MR) is 93.9 cm³/mol. The Balaban J connectivity index is 4.62. The average Bonchev–Trinajstić information content (AvgIpc) is 2.37. The van der Waals surface area contributed by atoms with Gasteiger partial charge in [-0.25, -0.2) is 0 Å². The molecule has 0 amide bonds. The van der Waals surface area contributed by atoms with E-state index in [0.717, 1.165) is 36.4 Å². The Bertz CT molecular complexity index is 186. The molecule has 0 aliphatic rings. The first-order valence-corrected chi connectivity index (χ1v) is 9.61. The van der Waals surface area contributed by atoms with E-state index in [-0.39, 0.29) is 0 Å². The summed E-state index contributed by atoms with van der Waals surface area (Å²) in [7, 11) is 0. The maximum absolute atomic E-state index is 5.72. The van der Waals surface area contributed by atoms with Gasteiger partial charge in [0.1, 0.15) is 0 Å². The van der Waals surface area contributed by atoms with Crippen molar-refractivity contribution in [1.82, 2.24) is 0 Å². The zero-order chi connectivity index (χ0) is 14.7. The minimum absolute atomic E-state index is 0.341. The molecule has 4 heteroatoms. The van der Waals surface area contributed by atoms with Crippen LogP contribution in [0.25, 0.3) is 0 Å². The summed E-state index contributed by atoms with van der Waals surface area (Å²) in [6.45, 7) is 10.8. The molecule has 0 aromatic rings. The summed E-state index contributed by atoms with van der Waals surface area (Å²) in [4.78, 5) is 0.